The lowest BCUT2D eigenvalue weighted by Gasteiger charge is -2.14. The number of ether oxygens (including phenoxy) is 2. The van der Waals surface area contributed by atoms with E-state index in [1.807, 2.05) is 24.3 Å². The maximum atomic E-state index is 12.2. The first-order chi connectivity index (χ1) is 17.0. The summed E-state index contributed by atoms with van der Waals surface area (Å²) < 4.78 is 10.9. The van der Waals surface area contributed by atoms with Crippen molar-refractivity contribution in [2.45, 2.75) is 44.1 Å². The molecule has 4 rings (SSSR count). The van der Waals surface area contributed by atoms with E-state index in [1.54, 1.807) is 0 Å². The number of fused-ring (bicyclic) bond motifs is 3. The van der Waals surface area contributed by atoms with Gasteiger partial charge >= 0.3 is 12.1 Å². The van der Waals surface area contributed by atoms with Crippen LogP contribution in [0.5, 0.6) is 0 Å². The number of carbonyl (C=O) groups is 3. The lowest BCUT2D eigenvalue weighted by molar-refractivity contribution is -0.141. The van der Waals surface area contributed by atoms with Crippen molar-refractivity contribution in [1.29, 1.82) is 0 Å². The molecular formula is C27H32N2O6. The van der Waals surface area contributed by atoms with Gasteiger partial charge in [-0.1, -0.05) is 55.0 Å². The molecule has 8 heteroatoms. The van der Waals surface area contributed by atoms with Crippen molar-refractivity contribution < 1.29 is 29.0 Å². The highest BCUT2D eigenvalue weighted by Gasteiger charge is 2.31. The Hall–Kier alpha value is -3.39. The Morgan fingerprint density at radius 3 is 2.29 bits per heavy atom. The van der Waals surface area contributed by atoms with Gasteiger partial charge in [-0.05, 0) is 41.5 Å². The molecule has 0 unspecified atom stereocenters. The van der Waals surface area contributed by atoms with Crippen LogP contribution in [0.15, 0.2) is 48.5 Å². The van der Waals surface area contributed by atoms with E-state index >= 15 is 0 Å². The highest BCUT2D eigenvalue weighted by atomic mass is 16.5. The number of rotatable bonds is 11. The first-order valence-corrected chi connectivity index (χ1v) is 12.2. The van der Waals surface area contributed by atoms with Gasteiger partial charge in [0.2, 0.25) is 5.91 Å². The standard InChI is InChI=1S/C27H32N2O6/c30-25(29-15-19-14-18(16-34-19)26(31)32)12-2-1-7-13-28-27(33)35-17-24-22-10-5-3-8-20(22)21-9-4-6-11-23(21)24/h3-6,8-11,18-19,24H,1-2,7,12-17H2,(H,28,33)(H,29,30)(H,31,32)/t18-,19-/m1/s1. The Bertz CT molecular complexity index is 1010. The fourth-order valence-corrected chi connectivity index (χ4v) is 4.76. The molecule has 1 fully saturated rings. The summed E-state index contributed by atoms with van der Waals surface area (Å²) in [5, 5.41) is 14.6. The fraction of sp³-hybridized carbons (Fsp3) is 0.444. The van der Waals surface area contributed by atoms with Gasteiger partial charge in [-0.25, -0.2) is 4.79 Å². The third-order valence-corrected chi connectivity index (χ3v) is 6.65. The third kappa shape index (κ3) is 6.39. The summed E-state index contributed by atoms with van der Waals surface area (Å²) in [6.07, 6.45) is 2.42. The van der Waals surface area contributed by atoms with Crippen LogP contribution in [0, 0.1) is 5.92 Å². The second-order valence-electron chi connectivity index (χ2n) is 9.09. The first kappa shape index (κ1) is 24.7. The SMILES string of the molecule is O=C(CCCCCNC(=O)OCC1c2ccccc2-c2ccccc21)NC[C@H]1C[C@@H](C(=O)O)CO1. The van der Waals surface area contributed by atoms with Crippen molar-refractivity contribution in [3.63, 3.8) is 0 Å². The van der Waals surface area contributed by atoms with E-state index in [-0.39, 0.29) is 31.1 Å². The highest BCUT2D eigenvalue weighted by molar-refractivity contribution is 5.79. The largest absolute Gasteiger partial charge is 0.481 e. The molecule has 1 saturated heterocycles. The predicted octanol–water partition coefficient (Wildman–Crippen LogP) is 3.69. The number of carboxylic acid groups (broad SMARTS) is 1. The summed E-state index contributed by atoms with van der Waals surface area (Å²) in [4.78, 5) is 35.1. The summed E-state index contributed by atoms with van der Waals surface area (Å²) in [7, 11) is 0. The molecule has 8 nitrogen and oxygen atoms in total. The number of carboxylic acids is 1. The molecular weight excluding hydrogens is 448 g/mol. The molecule has 1 aliphatic carbocycles. The smallest absolute Gasteiger partial charge is 0.407 e. The van der Waals surface area contributed by atoms with Crippen molar-refractivity contribution >= 4 is 18.0 Å². The van der Waals surface area contributed by atoms with Gasteiger partial charge in [0, 0.05) is 25.4 Å². The Morgan fingerprint density at radius 1 is 0.943 bits per heavy atom. The minimum absolute atomic E-state index is 0.0382. The predicted molar refractivity (Wildman–Crippen MR) is 130 cm³/mol. The maximum absolute atomic E-state index is 12.2. The number of unbranched alkanes of at least 4 members (excludes halogenated alkanes) is 2. The third-order valence-electron chi connectivity index (χ3n) is 6.65. The summed E-state index contributed by atoms with van der Waals surface area (Å²) >= 11 is 0. The van der Waals surface area contributed by atoms with Gasteiger partial charge in [0.15, 0.2) is 0 Å². The van der Waals surface area contributed by atoms with Gasteiger partial charge in [0.05, 0.1) is 18.6 Å². The molecule has 1 aliphatic heterocycles. The quantitative estimate of drug-likeness (QED) is 0.423. The number of amides is 2. The first-order valence-electron chi connectivity index (χ1n) is 12.2. The van der Waals surface area contributed by atoms with Crippen LogP contribution in [-0.4, -0.2) is 55.5 Å². The Kier molecular flexibility index (Phi) is 8.36. The summed E-state index contributed by atoms with van der Waals surface area (Å²) in [5.41, 5.74) is 4.75. The van der Waals surface area contributed by atoms with Crippen LogP contribution in [-0.2, 0) is 19.1 Å². The monoisotopic (exact) mass is 480 g/mol. The van der Waals surface area contributed by atoms with Crippen LogP contribution < -0.4 is 10.6 Å². The number of hydrogen-bond donors (Lipinski definition) is 3. The van der Waals surface area contributed by atoms with E-state index in [0.717, 1.165) is 12.8 Å². The molecule has 3 N–H and O–H groups in total. The van der Waals surface area contributed by atoms with E-state index in [2.05, 4.69) is 34.9 Å². The molecule has 2 amide bonds. The second kappa shape index (κ2) is 11.8. The van der Waals surface area contributed by atoms with Gasteiger partial charge < -0.3 is 25.2 Å². The lowest BCUT2D eigenvalue weighted by atomic mass is 9.98. The normalized spacial score (nSPS) is 18.5. The molecule has 186 valence electrons. The minimum Gasteiger partial charge on any atom is -0.481 e. The summed E-state index contributed by atoms with van der Waals surface area (Å²) in [6, 6.07) is 16.4. The molecule has 0 bridgehead atoms. The van der Waals surface area contributed by atoms with E-state index in [4.69, 9.17) is 14.6 Å². The molecule has 2 aliphatic rings. The van der Waals surface area contributed by atoms with Crippen molar-refractivity contribution in [1.82, 2.24) is 10.6 Å². The van der Waals surface area contributed by atoms with Crippen LogP contribution in [0.4, 0.5) is 4.79 Å². The molecule has 0 radical (unpaired) electrons. The van der Waals surface area contributed by atoms with Crippen LogP contribution >= 0.6 is 0 Å². The molecule has 0 aromatic heterocycles. The number of alkyl carbamates (subject to hydrolysis) is 1. The molecule has 0 spiro atoms. The van der Waals surface area contributed by atoms with Gasteiger partial charge in [-0.3, -0.25) is 9.59 Å². The second-order valence-corrected chi connectivity index (χ2v) is 9.09. The van der Waals surface area contributed by atoms with Crippen LogP contribution in [0.25, 0.3) is 11.1 Å². The average Bonchev–Trinajstić information content (AvgIpc) is 3.47. The summed E-state index contributed by atoms with van der Waals surface area (Å²) in [6.45, 7) is 1.32. The zero-order valence-electron chi connectivity index (χ0n) is 19.7. The molecule has 0 saturated carbocycles. The van der Waals surface area contributed by atoms with E-state index in [9.17, 15) is 14.4 Å². The molecule has 35 heavy (non-hydrogen) atoms. The fourth-order valence-electron chi connectivity index (χ4n) is 4.76. The van der Waals surface area contributed by atoms with Crippen molar-refractivity contribution in [2.75, 3.05) is 26.3 Å². The highest BCUT2D eigenvalue weighted by Crippen LogP contribution is 2.44. The number of hydrogen-bond acceptors (Lipinski definition) is 5. The maximum Gasteiger partial charge on any atom is 0.407 e. The van der Waals surface area contributed by atoms with E-state index in [0.29, 0.717) is 32.4 Å². The number of aliphatic carboxylic acids is 1. The lowest BCUT2D eigenvalue weighted by Crippen LogP contribution is -2.31. The number of carbonyl (C=O) groups excluding carboxylic acids is 2. The summed E-state index contributed by atoms with van der Waals surface area (Å²) in [5.74, 6) is -1.38. The Balaban J connectivity index is 1.07. The molecule has 2 aromatic rings. The van der Waals surface area contributed by atoms with Crippen LogP contribution in [0.3, 0.4) is 0 Å². The van der Waals surface area contributed by atoms with Crippen molar-refractivity contribution in [2.24, 2.45) is 5.92 Å². The molecule has 2 atom stereocenters. The van der Waals surface area contributed by atoms with E-state index < -0.39 is 18.0 Å². The van der Waals surface area contributed by atoms with Crippen molar-refractivity contribution in [3.05, 3.63) is 59.7 Å². The molecule has 1 heterocycles. The average molecular weight is 481 g/mol. The Labute approximate surface area is 205 Å². The van der Waals surface area contributed by atoms with Gasteiger partial charge in [0.1, 0.15) is 6.61 Å². The topological polar surface area (TPSA) is 114 Å². The van der Waals surface area contributed by atoms with Gasteiger partial charge in [-0.15, -0.1) is 0 Å². The zero-order chi connectivity index (χ0) is 24.6. The number of benzene rings is 2. The Morgan fingerprint density at radius 2 is 1.63 bits per heavy atom. The number of nitrogens with one attached hydrogen (secondary N) is 2. The van der Waals surface area contributed by atoms with E-state index in [1.165, 1.54) is 22.3 Å². The molecule has 2 aromatic carbocycles. The van der Waals surface area contributed by atoms with Crippen LogP contribution in [0.2, 0.25) is 0 Å². The van der Waals surface area contributed by atoms with Crippen LogP contribution in [0.1, 0.15) is 49.1 Å². The minimum atomic E-state index is -0.856. The van der Waals surface area contributed by atoms with Gasteiger partial charge in [-0.2, -0.15) is 0 Å². The van der Waals surface area contributed by atoms with Crippen molar-refractivity contribution in [3.8, 4) is 11.1 Å². The zero-order valence-corrected chi connectivity index (χ0v) is 19.7. The van der Waals surface area contributed by atoms with Gasteiger partial charge in [0.25, 0.3) is 0 Å².